The SMILES string of the molecule is C[C@@H]1CN([C@H](C)CO)C(=O)c2cc(NC(=O)C3CC3)ccc2O[C@@H]1CN(C)C(=O)Nc1ccc2c(c1)OCO2. The number of aliphatic hydroxyl groups is 1. The molecule has 39 heavy (non-hydrogen) atoms. The fourth-order valence-corrected chi connectivity index (χ4v) is 4.65. The van der Waals surface area contributed by atoms with Crippen LogP contribution in [0.25, 0.3) is 0 Å². The van der Waals surface area contributed by atoms with Crippen LogP contribution in [-0.4, -0.2) is 78.4 Å². The fraction of sp³-hybridized carbons (Fsp3) is 0.464. The second-order valence-corrected chi connectivity index (χ2v) is 10.5. The molecule has 208 valence electrons. The summed E-state index contributed by atoms with van der Waals surface area (Å²) in [7, 11) is 1.67. The van der Waals surface area contributed by atoms with E-state index in [1.54, 1.807) is 55.3 Å². The molecule has 0 unspecified atom stereocenters. The number of likely N-dealkylation sites (N-methyl/N-ethyl adjacent to an activating group) is 1. The number of carbonyl (C=O) groups excluding carboxylic acids is 3. The Hall–Kier alpha value is -3.99. The van der Waals surface area contributed by atoms with E-state index in [4.69, 9.17) is 14.2 Å². The van der Waals surface area contributed by atoms with Gasteiger partial charge in [-0.1, -0.05) is 6.92 Å². The number of hydrogen-bond donors (Lipinski definition) is 3. The summed E-state index contributed by atoms with van der Waals surface area (Å²) >= 11 is 0. The van der Waals surface area contributed by atoms with E-state index in [0.717, 1.165) is 12.8 Å². The number of anilines is 2. The Labute approximate surface area is 227 Å². The van der Waals surface area contributed by atoms with Crippen molar-refractivity contribution in [3.8, 4) is 17.2 Å². The van der Waals surface area contributed by atoms with Gasteiger partial charge in [-0.05, 0) is 50.1 Å². The van der Waals surface area contributed by atoms with Crippen molar-refractivity contribution < 1.29 is 33.7 Å². The van der Waals surface area contributed by atoms with E-state index in [0.29, 0.717) is 40.7 Å². The zero-order chi connectivity index (χ0) is 27.7. The first-order valence-electron chi connectivity index (χ1n) is 13.2. The summed E-state index contributed by atoms with van der Waals surface area (Å²) in [6, 6.07) is 9.44. The van der Waals surface area contributed by atoms with E-state index in [9.17, 15) is 19.5 Å². The van der Waals surface area contributed by atoms with Crippen LogP contribution in [0.15, 0.2) is 36.4 Å². The van der Waals surface area contributed by atoms with Crippen LogP contribution in [0.4, 0.5) is 16.2 Å². The average Bonchev–Trinajstić information content (AvgIpc) is 3.68. The molecule has 3 atom stereocenters. The molecule has 3 N–H and O–H groups in total. The number of fused-ring (bicyclic) bond motifs is 2. The van der Waals surface area contributed by atoms with Crippen LogP contribution in [0.1, 0.15) is 37.0 Å². The van der Waals surface area contributed by atoms with Crippen LogP contribution >= 0.6 is 0 Å². The molecule has 1 fully saturated rings. The van der Waals surface area contributed by atoms with Gasteiger partial charge in [-0.3, -0.25) is 9.59 Å². The molecule has 0 spiro atoms. The third-order valence-electron chi connectivity index (χ3n) is 7.30. The van der Waals surface area contributed by atoms with Gasteiger partial charge >= 0.3 is 6.03 Å². The zero-order valence-electron chi connectivity index (χ0n) is 22.3. The summed E-state index contributed by atoms with van der Waals surface area (Å²) in [5.41, 5.74) is 1.39. The molecule has 11 nitrogen and oxygen atoms in total. The Bertz CT molecular complexity index is 1260. The molecule has 3 aliphatic rings. The average molecular weight is 539 g/mol. The van der Waals surface area contributed by atoms with Crippen molar-refractivity contribution in [3.05, 3.63) is 42.0 Å². The minimum absolute atomic E-state index is 0.0226. The van der Waals surface area contributed by atoms with Crippen LogP contribution in [0.5, 0.6) is 17.2 Å². The van der Waals surface area contributed by atoms with Crippen molar-refractivity contribution in [2.24, 2.45) is 11.8 Å². The summed E-state index contributed by atoms with van der Waals surface area (Å²) < 4.78 is 17.1. The molecule has 1 saturated carbocycles. The van der Waals surface area contributed by atoms with Crippen molar-refractivity contribution in [2.75, 3.05) is 44.2 Å². The largest absolute Gasteiger partial charge is 0.487 e. The number of aliphatic hydroxyl groups excluding tert-OH is 1. The number of hydrogen-bond acceptors (Lipinski definition) is 7. The van der Waals surface area contributed by atoms with E-state index in [2.05, 4.69) is 10.6 Å². The van der Waals surface area contributed by atoms with E-state index in [-0.39, 0.29) is 49.6 Å². The molecule has 2 heterocycles. The number of benzene rings is 2. The molecule has 0 bridgehead atoms. The number of ether oxygens (including phenoxy) is 3. The molecule has 0 radical (unpaired) electrons. The summed E-state index contributed by atoms with van der Waals surface area (Å²) in [5.74, 6) is 1.08. The summed E-state index contributed by atoms with van der Waals surface area (Å²) in [6.07, 6.45) is 1.29. The van der Waals surface area contributed by atoms with Crippen molar-refractivity contribution in [1.29, 1.82) is 0 Å². The molecule has 2 aliphatic heterocycles. The maximum absolute atomic E-state index is 13.6. The third kappa shape index (κ3) is 5.88. The standard InChI is InChI=1S/C28H34N4O7/c1-16-12-32(17(2)14-33)27(35)21-10-19(29-26(34)18-4-5-18)6-8-22(21)39-25(16)13-31(3)28(36)30-20-7-9-23-24(11-20)38-15-37-23/h6-11,16-18,25,33H,4-5,12-15H2,1-3H3,(H,29,34)(H,30,36)/t16-,17-,25-/m1/s1. The summed E-state index contributed by atoms with van der Waals surface area (Å²) in [4.78, 5) is 42.0. The highest BCUT2D eigenvalue weighted by Gasteiger charge is 2.35. The molecule has 4 amide bonds. The van der Waals surface area contributed by atoms with Crippen molar-refractivity contribution in [3.63, 3.8) is 0 Å². The van der Waals surface area contributed by atoms with Crippen LogP contribution in [0, 0.1) is 11.8 Å². The van der Waals surface area contributed by atoms with Gasteiger partial charge in [-0.2, -0.15) is 0 Å². The lowest BCUT2D eigenvalue weighted by Crippen LogP contribution is -2.50. The highest BCUT2D eigenvalue weighted by atomic mass is 16.7. The lowest BCUT2D eigenvalue weighted by molar-refractivity contribution is -0.117. The number of amides is 4. The topological polar surface area (TPSA) is 130 Å². The van der Waals surface area contributed by atoms with Gasteiger partial charge in [-0.25, -0.2) is 4.79 Å². The van der Waals surface area contributed by atoms with Crippen molar-refractivity contribution in [2.45, 2.75) is 38.8 Å². The van der Waals surface area contributed by atoms with Crippen LogP contribution < -0.4 is 24.8 Å². The van der Waals surface area contributed by atoms with Crippen LogP contribution in [-0.2, 0) is 4.79 Å². The zero-order valence-corrected chi connectivity index (χ0v) is 22.3. The lowest BCUT2D eigenvalue weighted by Gasteiger charge is -2.38. The number of rotatable bonds is 7. The Morgan fingerprint density at radius 3 is 2.49 bits per heavy atom. The van der Waals surface area contributed by atoms with Gasteiger partial charge in [0, 0.05) is 42.9 Å². The molecule has 2 aromatic carbocycles. The number of carbonyl (C=O) groups is 3. The predicted octanol–water partition coefficient (Wildman–Crippen LogP) is 3.15. The van der Waals surface area contributed by atoms with Crippen LogP contribution in [0.2, 0.25) is 0 Å². The summed E-state index contributed by atoms with van der Waals surface area (Å²) in [5, 5.41) is 15.6. The molecule has 1 aliphatic carbocycles. The Morgan fingerprint density at radius 1 is 1.08 bits per heavy atom. The van der Waals surface area contributed by atoms with Gasteiger partial charge in [-0.15, -0.1) is 0 Å². The fourth-order valence-electron chi connectivity index (χ4n) is 4.65. The van der Waals surface area contributed by atoms with E-state index < -0.39 is 12.1 Å². The second kappa shape index (κ2) is 11.0. The smallest absolute Gasteiger partial charge is 0.321 e. The number of nitrogens with one attached hydrogen (secondary N) is 2. The number of urea groups is 1. The highest BCUT2D eigenvalue weighted by molar-refractivity contribution is 6.00. The molecular weight excluding hydrogens is 504 g/mol. The van der Waals surface area contributed by atoms with Gasteiger partial charge in [0.2, 0.25) is 12.7 Å². The quantitative estimate of drug-likeness (QED) is 0.494. The van der Waals surface area contributed by atoms with E-state index in [1.807, 2.05) is 6.92 Å². The Morgan fingerprint density at radius 2 is 1.77 bits per heavy atom. The first kappa shape index (κ1) is 26.6. The predicted molar refractivity (Wildman–Crippen MR) is 143 cm³/mol. The van der Waals surface area contributed by atoms with E-state index in [1.165, 1.54) is 4.90 Å². The molecule has 11 heteroatoms. The van der Waals surface area contributed by atoms with Crippen molar-refractivity contribution >= 4 is 29.2 Å². The first-order chi connectivity index (χ1) is 18.7. The minimum atomic E-state index is -0.454. The van der Waals surface area contributed by atoms with Gasteiger partial charge in [0.1, 0.15) is 11.9 Å². The second-order valence-electron chi connectivity index (χ2n) is 10.5. The maximum atomic E-state index is 13.6. The maximum Gasteiger partial charge on any atom is 0.321 e. The lowest BCUT2D eigenvalue weighted by atomic mass is 9.99. The van der Waals surface area contributed by atoms with Gasteiger partial charge < -0.3 is 39.8 Å². The van der Waals surface area contributed by atoms with Gasteiger partial charge in [0.05, 0.1) is 24.8 Å². The molecule has 0 saturated heterocycles. The Kier molecular flexibility index (Phi) is 7.51. The van der Waals surface area contributed by atoms with Gasteiger partial charge in [0.15, 0.2) is 11.5 Å². The minimum Gasteiger partial charge on any atom is -0.487 e. The molecular formula is C28H34N4O7. The highest BCUT2D eigenvalue weighted by Crippen LogP contribution is 2.35. The van der Waals surface area contributed by atoms with Crippen LogP contribution in [0.3, 0.4) is 0 Å². The Balaban J connectivity index is 1.34. The first-order valence-corrected chi connectivity index (χ1v) is 13.2. The monoisotopic (exact) mass is 538 g/mol. The molecule has 0 aromatic heterocycles. The van der Waals surface area contributed by atoms with Gasteiger partial charge in [0.25, 0.3) is 5.91 Å². The number of nitrogens with zero attached hydrogens (tertiary/aromatic N) is 2. The molecule has 2 aromatic rings. The third-order valence-corrected chi connectivity index (χ3v) is 7.30. The molecule has 5 rings (SSSR count). The normalized spacial score (nSPS) is 20.7. The summed E-state index contributed by atoms with van der Waals surface area (Å²) in [6.45, 7) is 4.25. The van der Waals surface area contributed by atoms with E-state index >= 15 is 0 Å². The van der Waals surface area contributed by atoms with Crippen molar-refractivity contribution in [1.82, 2.24) is 9.80 Å².